The highest BCUT2D eigenvalue weighted by atomic mass is 32.2. The topological polar surface area (TPSA) is 83.5 Å². The van der Waals surface area contributed by atoms with E-state index in [2.05, 4.69) is 9.97 Å². The molecule has 2 aliphatic heterocycles. The molecule has 3 rings (SSSR count). The molecule has 1 unspecified atom stereocenters. The lowest BCUT2D eigenvalue weighted by Gasteiger charge is -2.27. The summed E-state index contributed by atoms with van der Waals surface area (Å²) in [6.45, 7) is 1.55. The average molecular weight is 338 g/mol. The first-order valence-electron chi connectivity index (χ1n) is 8.02. The van der Waals surface area contributed by atoms with Gasteiger partial charge in [-0.15, -0.1) is 0 Å². The number of anilines is 1. The maximum Gasteiger partial charge on any atom is 0.272 e. The number of carbonyl (C=O) groups is 1. The number of carbonyl (C=O) groups excluding carboxylic acids is 1. The van der Waals surface area contributed by atoms with Gasteiger partial charge in [0.1, 0.15) is 5.69 Å². The van der Waals surface area contributed by atoms with Crippen molar-refractivity contribution >= 4 is 21.7 Å². The fourth-order valence-electron chi connectivity index (χ4n) is 3.14. The van der Waals surface area contributed by atoms with Gasteiger partial charge in [-0.3, -0.25) is 4.79 Å². The molecule has 1 atom stereocenters. The third kappa shape index (κ3) is 3.63. The molecule has 2 aliphatic rings. The van der Waals surface area contributed by atoms with Gasteiger partial charge >= 0.3 is 0 Å². The van der Waals surface area contributed by atoms with E-state index in [1.807, 2.05) is 4.90 Å². The Labute approximate surface area is 136 Å². The van der Waals surface area contributed by atoms with Gasteiger partial charge < -0.3 is 9.80 Å². The van der Waals surface area contributed by atoms with Crippen LogP contribution in [0.1, 0.15) is 36.2 Å². The second kappa shape index (κ2) is 6.43. The smallest absolute Gasteiger partial charge is 0.272 e. The molecule has 0 aromatic carbocycles. The van der Waals surface area contributed by atoms with Gasteiger partial charge in [0.05, 0.1) is 11.5 Å². The summed E-state index contributed by atoms with van der Waals surface area (Å²) in [6, 6.07) is 1.50. The van der Waals surface area contributed by atoms with Crippen molar-refractivity contribution in [2.24, 2.45) is 0 Å². The summed E-state index contributed by atoms with van der Waals surface area (Å²) in [5, 5.41) is 0. The molecule has 0 N–H and O–H groups in total. The molecular weight excluding hydrogens is 316 g/mol. The Morgan fingerprint density at radius 1 is 1.30 bits per heavy atom. The van der Waals surface area contributed by atoms with Crippen LogP contribution >= 0.6 is 0 Å². The van der Waals surface area contributed by atoms with Gasteiger partial charge in [-0.25, -0.2) is 18.4 Å². The van der Waals surface area contributed by atoms with E-state index in [-0.39, 0.29) is 23.5 Å². The number of rotatable bonds is 3. The highest BCUT2D eigenvalue weighted by molar-refractivity contribution is 7.91. The van der Waals surface area contributed by atoms with E-state index in [9.17, 15) is 13.2 Å². The van der Waals surface area contributed by atoms with Gasteiger partial charge in [-0.1, -0.05) is 0 Å². The second-order valence-corrected chi connectivity index (χ2v) is 8.49. The van der Waals surface area contributed by atoms with Gasteiger partial charge in [0.25, 0.3) is 5.91 Å². The van der Waals surface area contributed by atoms with Crippen molar-refractivity contribution in [2.75, 3.05) is 36.5 Å². The molecule has 23 heavy (non-hydrogen) atoms. The highest BCUT2D eigenvalue weighted by Crippen LogP contribution is 2.20. The lowest BCUT2D eigenvalue weighted by molar-refractivity contribution is 0.0718. The van der Waals surface area contributed by atoms with Crippen LogP contribution < -0.4 is 4.90 Å². The first-order valence-corrected chi connectivity index (χ1v) is 9.84. The van der Waals surface area contributed by atoms with Gasteiger partial charge in [0.15, 0.2) is 9.84 Å². The first kappa shape index (κ1) is 16.2. The van der Waals surface area contributed by atoms with E-state index in [1.165, 1.54) is 0 Å². The van der Waals surface area contributed by atoms with Crippen LogP contribution in [0.4, 0.5) is 5.95 Å². The van der Waals surface area contributed by atoms with E-state index in [1.54, 1.807) is 24.2 Å². The summed E-state index contributed by atoms with van der Waals surface area (Å²) in [5.74, 6) is 0.668. The number of likely N-dealkylation sites (tertiary alicyclic amines) is 1. The Balaban J connectivity index is 1.75. The Morgan fingerprint density at radius 2 is 2.04 bits per heavy atom. The summed E-state index contributed by atoms with van der Waals surface area (Å²) < 4.78 is 23.3. The SMILES string of the molecule is CN(c1nccc(C(=O)N2CCCCC2)n1)C1CCS(=O)(=O)C1. The molecule has 0 spiro atoms. The summed E-state index contributed by atoms with van der Waals surface area (Å²) in [6.07, 6.45) is 5.37. The van der Waals surface area contributed by atoms with E-state index in [0.29, 0.717) is 18.1 Å². The zero-order valence-corrected chi connectivity index (χ0v) is 14.1. The van der Waals surface area contributed by atoms with Crippen LogP contribution in [0.15, 0.2) is 12.3 Å². The molecule has 1 amide bonds. The van der Waals surface area contributed by atoms with Crippen molar-refractivity contribution in [3.8, 4) is 0 Å². The minimum Gasteiger partial charge on any atom is -0.340 e. The molecule has 1 aromatic heterocycles. The molecule has 8 heteroatoms. The quantitative estimate of drug-likeness (QED) is 0.808. The molecule has 0 bridgehead atoms. The van der Waals surface area contributed by atoms with Crippen molar-refractivity contribution in [1.82, 2.24) is 14.9 Å². The van der Waals surface area contributed by atoms with Crippen molar-refractivity contribution < 1.29 is 13.2 Å². The minimum absolute atomic E-state index is 0.0687. The Kier molecular flexibility index (Phi) is 4.52. The molecule has 0 saturated carbocycles. The predicted octanol–water partition coefficient (Wildman–Crippen LogP) is 0.726. The molecule has 1 aromatic rings. The monoisotopic (exact) mass is 338 g/mol. The van der Waals surface area contributed by atoms with Crippen LogP contribution in [0, 0.1) is 0 Å². The summed E-state index contributed by atoms with van der Waals surface area (Å²) >= 11 is 0. The maximum absolute atomic E-state index is 12.5. The van der Waals surface area contributed by atoms with Crippen LogP contribution in [-0.4, -0.2) is 66.9 Å². The van der Waals surface area contributed by atoms with Crippen LogP contribution in [0.5, 0.6) is 0 Å². The largest absolute Gasteiger partial charge is 0.340 e. The van der Waals surface area contributed by atoms with Crippen LogP contribution in [0.2, 0.25) is 0 Å². The number of aromatic nitrogens is 2. The Bertz CT molecular complexity index is 686. The zero-order valence-electron chi connectivity index (χ0n) is 13.3. The molecule has 7 nitrogen and oxygen atoms in total. The fourth-order valence-corrected chi connectivity index (χ4v) is 4.91. The normalized spacial score (nSPS) is 23.7. The average Bonchev–Trinajstić information content (AvgIpc) is 2.94. The minimum atomic E-state index is -2.96. The molecule has 126 valence electrons. The Morgan fingerprint density at radius 3 is 2.70 bits per heavy atom. The Hall–Kier alpha value is -1.70. The van der Waals surface area contributed by atoms with E-state index in [0.717, 1.165) is 32.4 Å². The molecule has 2 saturated heterocycles. The van der Waals surface area contributed by atoms with Crippen molar-refractivity contribution in [2.45, 2.75) is 31.7 Å². The van der Waals surface area contributed by atoms with E-state index in [4.69, 9.17) is 0 Å². The molecule has 0 aliphatic carbocycles. The summed E-state index contributed by atoms with van der Waals surface area (Å²) in [4.78, 5) is 24.7. The lowest BCUT2D eigenvalue weighted by atomic mass is 10.1. The molecular formula is C15H22N4O3S. The number of hydrogen-bond donors (Lipinski definition) is 0. The number of sulfone groups is 1. The number of piperidine rings is 1. The van der Waals surface area contributed by atoms with Crippen molar-refractivity contribution in [3.05, 3.63) is 18.0 Å². The molecule has 3 heterocycles. The predicted molar refractivity (Wildman–Crippen MR) is 87.2 cm³/mol. The van der Waals surface area contributed by atoms with Crippen molar-refractivity contribution in [1.29, 1.82) is 0 Å². The fraction of sp³-hybridized carbons (Fsp3) is 0.667. The number of amides is 1. The summed E-state index contributed by atoms with van der Waals surface area (Å²) in [5.41, 5.74) is 0.379. The van der Waals surface area contributed by atoms with Crippen molar-refractivity contribution in [3.63, 3.8) is 0 Å². The van der Waals surface area contributed by atoms with Gasteiger partial charge in [-0.05, 0) is 31.7 Å². The lowest BCUT2D eigenvalue weighted by Crippen LogP contribution is -2.37. The van der Waals surface area contributed by atoms with Gasteiger partial charge in [-0.2, -0.15) is 0 Å². The van der Waals surface area contributed by atoms with Crippen LogP contribution in [0.25, 0.3) is 0 Å². The second-order valence-electron chi connectivity index (χ2n) is 6.26. The highest BCUT2D eigenvalue weighted by Gasteiger charge is 2.32. The standard InChI is InChI=1S/C15H22N4O3S/c1-18(12-6-10-23(21,22)11-12)15-16-7-5-13(17-15)14(20)19-8-3-2-4-9-19/h5,7,12H,2-4,6,8-11H2,1H3. The van der Waals surface area contributed by atoms with Crippen LogP contribution in [-0.2, 0) is 9.84 Å². The van der Waals surface area contributed by atoms with Gasteiger partial charge in [0, 0.05) is 32.4 Å². The number of hydrogen-bond acceptors (Lipinski definition) is 6. The zero-order chi connectivity index (χ0) is 16.4. The first-order chi connectivity index (χ1) is 11.0. The van der Waals surface area contributed by atoms with Gasteiger partial charge in [0.2, 0.25) is 5.95 Å². The summed E-state index contributed by atoms with van der Waals surface area (Å²) in [7, 11) is -1.18. The van der Waals surface area contributed by atoms with E-state index >= 15 is 0 Å². The van der Waals surface area contributed by atoms with Crippen LogP contribution in [0.3, 0.4) is 0 Å². The number of nitrogens with zero attached hydrogens (tertiary/aromatic N) is 4. The third-order valence-corrected chi connectivity index (χ3v) is 6.33. The molecule has 2 fully saturated rings. The maximum atomic E-state index is 12.5. The third-order valence-electron chi connectivity index (χ3n) is 4.58. The van der Waals surface area contributed by atoms with E-state index < -0.39 is 9.84 Å². The molecule has 0 radical (unpaired) electrons.